The van der Waals surface area contributed by atoms with E-state index in [4.69, 9.17) is 4.74 Å². The van der Waals surface area contributed by atoms with E-state index in [1.165, 1.54) is 0 Å². The largest absolute Gasteiger partial charge is 0.475 e. The Labute approximate surface area is 130 Å². The van der Waals surface area contributed by atoms with Crippen molar-refractivity contribution in [1.82, 2.24) is 0 Å². The Morgan fingerprint density at radius 2 is 1.65 bits per heavy atom. The number of alkyl halides is 3. The number of ether oxygens (including phenoxy) is 1. The van der Waals surface area contributed by atoms with Gasteiger partial charge in [-0.3, -0.25) is 0 Å². The minimum Gasteiger partial charge on any atom is -0.475 e. The molecule has 6 heteroatoms. The summed E-state index contributed by atoms with van der Waals surface area (Å²) in [6.45, 7) is 0. The van der Waals surface area contributed by atoms with Crippen molar-refractivity contribution in [3.8, 4) is 16.9 Å². The Morgan fingerprint density at radius 3 is 2.26 bits per heavy atom. The first-order chi connectivity index (χ1) is 10.9. The fourth-order valence-corrected chi connectivity index (χ4v) is 2.55. The van der Waals surface area contributed by atoms with E-state index in [1.807, 2.05) is 0 Å². The molecule has 0 amide bonds. The summed E-state index contributed by atoms with van der Waals surface area (Å²) in [5.74, 6) is 0.0745. The number of hydrogen-bond donors (Lipinski definition) is 2. The van der Waals surface area contributed by atoms with Crippen molar-refractivity contribution in [2.24, 2.45) is 0 Å². The lowest BCUT2D eigenvalue weighted by atomic mass is 9.95. The van der Waals surface area contributed by atoms with Crippen LogP contribution in [0.3, 0.4) is 0 Å². The van der Waals surface area contributed by atoms with Crippen LogP contribution in [0.4, 0.5) is 13.2 Å². The second-order valence-electron chi connectivity index (χ2n) is 5.15. The van der Waals surface area contributed by atoms with Crippen LogP contribution in [0, 0.1) is 0 Å². The molecule has 2 N–H and O–H groups in total. The van der Waals surface area contributed by atoms with Crippen LogP contribution in [0.25, 0.3) is 17.2 Å². The molecular weight excluding hydrogens is 309 g/mol. The Bertz CT molecular complexity index is 736. The van der Waals surface area contributed by atoms with Crippen molar-refractivity contribution >= 4 is 6.08 Å². The topological polar surface area (TPSA) is 49.7 Å². The monoisotopic (exact) mass is 322 g/mol. The predicted octanol–water partition coefficient (Wildman–Crippen LogP) is 3.37. The van der Waals surface area contributed by atoms with E-state index < -0.39 is 24.1 Å². The predicted molar refractivity (Wildman–Crippen MR) is 78.6 cm³/mol. The number of para-hydroxylation sites is 1. The van der Waals surface area contributed by atoms with Gasteiger partial charge in [-0.2, -0.15) is 13.2 Å². The van der Waals surface area contributed by atoms with Crippen molar-refractivity contribution in [1.29, 1.82) is 0 Å². The van der Waals surface area contributed by atoms with Gasteiger partial charge in [0.15, 0.2) is 6.29 Å². The molecule has 1 aliphatic heterocycles. The fourth-order valence-electron chi connectivity index (χ4n) is 2.55. The lowest BCUT2D eigenvalue weighted by Gasteiger charge is -2.30. The Morgan fingerprint density at radius 1 is 0.957 bits per heavy atom. The summed E-state index contributed by atoms with van der Waals surface area (Å²) in [5, 5.41) is 18.5. The highest BCUT2D eigenvalue weighted by atomic mass is 19.4. The van der Waals surface area contributed by atoms with Crippen molar-refractivity contribution in [3.63, 3.8) is 0 Å². The highest BCUT2D eigenvalue weighted by Crippen LogP contribution is 2.42. The molecular formula is C17H13F3O3. The summed E-state index contributed by atoms with van der Waals surface area (Å²) < 4.78 is 44.7. The molecule has 0 spiro atoms. The maximum Gasteiger partial charge on any atom is 0.429 e. The summed E-state index contributed by atoms with van der Waals surface area (Å²) in [6, 6.07) is 13.8. The van der Waals surface area contributed by atoms with Crippen molar-refractivity contribution in [2.45, 2.75) is 18.6 Å². The van der Waals surface area contributed by atoms with E-state index in [2.05, 4.69) is 0 Å². The summed E-state index contributed by atoms with van der Waals surface area (Å²) >= 11 is 0. The molecule has 1 aliphatic rings. The first-order valence-corrected chi connectivity index (χ1v) is 6.87. The number of aliphatic hydroxyl groups excluding tert-OH is 1. The molecule has 2 aromatic carbocycles. The van der Waals surface area contributed by atoms with Crippen LogP contribution in [-0.2, 0) is 0 Å². The standard InChI is InChI=1S/C17H13F3O3/c18-17(19,20)15-13(16(21)22)9-11-7-4-8-12(14(11)23-15)10-5-2-1-3-6-10/h1-9,15-16,21-22H. The number of hydrogen-bond acceptors (Lipinski definition) is 3. The van der Waals surface area contributed by atoms with Crippen LogP contribution < -0.4 is 4.74 Å². The second-order valence-corrected chi connectivity index (χ2v) is 5.15. The lowest BCUT2D eigenvalue weighted by molar-refractivity contribution is -0.192. The van der Waals surface area contributed by atoms with Gasteiger partial charge in [-0.25, -0.2) is 0 Å². The normalized spacial score (nSPS) is 17.5. The Kier molecular flexibility index (Phi) is 3.87. The van der Waals surface area contributed by atoms with Gasteiger partial charge in [0.25, 0.3) is 0 Å². The third kappa shape index (κ3) is 2.95. The van der Waals surface area contributed by atoms with Crippen molar-refractivity contribution < 1.29 is 28.1 Å². The van der Waals surface area contributed by atoms with E-state index in [0.717, 1.165) is 6.08 Å². The van der Waals surface area contributed by atoms with Gasteiger partial charge in [-0.15, -0.1) is 0 Å². The van der Waals surface area contributed by atoms with E-state index in [9.17, 15) is 23.4 Å². The highest BCUT2D eigenvalue weighted by Gasteiger charge is 2.48. The molecule has 3 nitrogen and oxygen atoms in total. The molecule has 1 unspecified atom stereocenters. The van der Waals surface area contributed by atoms with Crippen LogP contribution >= 0.6 is 0 Å². The summed E-state index contributed by atoms with van der Waals surface area (Å²) in [4.78, 5) is 0. The van der Waals surface area contributed by atoms with Gasteiger partial charge in [0, 0.05) is 16.7 Å². The molecule has 2 aromatic rings. The molecule has 0 aromatic heterocycles. The van der Waals surface area contributed by atoms with Gasteiger partial charge >= 0.3 is 6.18 Å². The first kappa shape index (κ1) is 15.6. The zero-order chi connectivity index (χ0) is 16.6. The van der Waals surface area contributed by atoms with Crippen LogP contribution in [0.2, 0.25) is 0 Å². The second kappa shape index (κ2) is 5.72. The van der Waals surface area contributed by atoms with Gasteiger partial charge in [0.2, 0.25) is 6.10 Å². The summed E-state index contributed by atoms with van der Waals surface area (Å²) in [7, 11) is 0. The average Bonchev–Trinajstić information content (AvgIpc) is 2.53. The molecule has 3 rings (SSSR count). The molecule has 0 bridgehead atoms. The average molecular weight is 322 g/mol. The van der Waals surface area contributed by atoms with E-state index in [-0.39, 0.29) is 5.75 Å². The first-order valence-electron chi connectivity index (χ1n) is 6.87. The Hall–Kier alpha value is -2.31. The number of rotatable bonds is 2. The van der Waals surface area contributed by atoms with E-state index >= 15 is 0 Å². The van der Waals surface area contributed by atoms with Crippen molar-refractivity contribution in [2.75, 3.05) is 0 Å². The van der Waals surface area contributed by atoms with Crippen molar-refractivity contribution in [3.05, 3.63) is 59.7 Å². The van der Waals surface area contributed by atoms with Gasteiger partial charge in [0.05, 0.1) is 0 Å². The molecule has 0 radical (unpaired) electrons. The maximum absolute atomic E-state index is 13.2. The molecule has 0 saturated carbocycles. The number of fused-ring (bicyclic) bond motifs is 1. The third-order valence-electron chi connectivity index (χ3n) is 3.59. The molecule has 0 saturated heterocycles. The number of aliphatic hydroxyl groups is 2. The van der Waals surface area contributed by atoms with E-state index in [0.29, 0.717) is 16.7 Å². The summed E-state index contributed by atoms with van der Waals surface area (Å²) in [5.41, 5.74) is 0.969. The smallest absolute Gasteiger partial charge is 0.429 e. The van der Waals surface area contributed by atoms with Gasteiger partial charge in [0.1, 0.15) is 5.75 Å². The van der Waals surface area contributed by atoms with Crippen LogP contribution in [-0.4, -0.2) is 28.8 Å². The molecule has 23 heavy (non-hydrogen) atoms. The zero-order valence-electron chi connectivity index (χ0n) is 11.8. The van der Waals surface area contributed by atoms with Gasteiger partial charge in [-0.1, -0.05) is 48.5 Å². The van der Waals surface area contributed by atoms with Crippen LogP contribution in [0.15, 0.2) is 54.1 Å². The lowest BCUT2D eigenvalue weighted by Crippen LogP contribution is -2.41. The zero-order valence-corrected chi connectivity index (χ0v) is 11.8. The molecule has 120 valence electrons. The maximum atomic E-state index is 13.2. The minimum atomic E-state index is -4.75. The molecule has 0 aliphatic carbocycles. The van der Waals surface area contributed by atoms with Crippen LogP contribution in [0.5, 0.6) is 5.75 Å². The number of benzene rings is 2. The fraction of sp³-hybridized carbons (Fsp3) is 0.176. The minimum absolute atomic E-state index is 0.0745. The molecule has 0 fully saturated rings. The van der Waals surface area contributed by atoms with Crippen LogP contribution in [0.1, 0.15) is 5.56 Å². The van der Waals surface area contributed by atoms with Gasteiger partial charge in [-0.05, 0) is 11.6 Å². The van der Waals surface area contributed by atoms with E-state index in [1.54, 1.807) is 48.5 Å². The third-order valence-corrected chi connectivity index (χ3v) is 3.59. The number of halogens is 3. The Balaban J connectivity index is 2.16. The SMILES string of the molecule is OC(O)C1=Cc2cccc(-c3ccccc3)c2OC1C(F)(F)F. The molecule has 1 heterocycles. The van der Waals surface area contributed by atoms with Gasteiger partial charge < -0.3 is 14.9 Å². The quantitative estimate of drug-likeness (QED) is 0.834. The molecule has 1 atom stereocenters. The highest BCUT2D eigenvalue weighted by molar-refractivity contribution is 5.78. The summed E-state index contributed by atoms with van der Waals surface area (Å²) in [6.07, 6.45) is -8.26.